The van der Waals surface area contributed by atoms with Crippen LogP contribution in [0.2, 0.25) is 0 Å². The molecule has 6 nitrogen and oxygen atoms in total. The minimum absolute atomic E-state index is 0.149. The third-order valence-corrected chi connectivity index (χ3v) is 2.78. The molecule has 1 atom stereocenters. The minimum Gasteiger partial charge on any atom is -0.481 e. The van der Waals surface area contributed by atoms with Crippen molar-refractivity contribution in [3.63, 3.8) is 0 Å². The lowest BCUT2D eigenvalue weighted by molar-refractivity contribution is -0.141. The summed E-state index contributed by atoms with van der Waals surface area (Å²) in [6.45, 7) is 0.805. The zero-order valence-corrected chi connectivity index (χ0v) is 10.1. The molecule has 0 saturated carbocycles. The van der Waals surface area contributed by atoms with Crippen molar-refractivity contribution < 1.29 is 23.8 Å². The van der Waals surface area contributed by atoms with Gasteiger partial charge in [-0.05, 0) is 6.07 Å². The SMILES string of the molecule is O=C(O)CC1CN(C(=O)c2cncc(F)c2)CCO1. The average molecular weight is 268 g/mol. The Labute approximate surface area is 108 Å². The monoisotopic (exact) mass is 268 g/mol. The topological polar surface area (TPSA) is 79.7 Å². The lowest BCUT2D eigenvalue weighted by Crippen LogP contribution is -2.46. The van der Waals surface area contributed by atoms with Gasteiger partial charge in [0, 0.05) is 19.3 Å². The average Bonchev–Trinajstić information content (AvgIpc) is 2.37. The number of aromatic nitrogens is 1. The zero-order chi connectivity index (χ0) is 13.8. The van der Waals surface area contributed by atoms with Crippen LogP contribution in [-0.2, 0) is 9.53 Å². The number of morpholine rings is 1. The first-order valence-electron chi connectivity index (χ1n) is 5.79. The van der Waals surface area contributed by atoms with E-state index in [1.165, 1.54) is 11.1 Å². The maximum absolute atomic E-state index is 13.0. The summed E-state index contributed by atoms with van der Waals surface area (Å²) in [7, 11) is 0. The van der Waals surface area contributed by atoms with E-state index in [-0.39, 0.29) is 31.0 Å². The number of aliphatic carboxylic acids is 1. The van der Waals surface area contributed by atoms with E-state index in [0.29, 0.717) is 6.54 Å². The Morgan fingerprint density at radius 2 is 2.32 bits per heavy atom. The molecule has 1 saturated heterocycles. The van der Waals surface area contributed by atoms with Gasteiger partial charge in [-0.2, -0.15) is 0 Å². The fraction of sp³-hybridized carbons (Fsp3) is 0.417. The number of hydrogen-bond donors (Lipinski definition) is 1. The van der Waals surface area contributed by atoms with E-state index in [0.717, 1.165) is 12.3 Å². The Hall–Kier alpha value is -2.02. The zero-order valence-electron chi connectivity index (χ0n) is 10.1. The summed E-state index contributed by atoms with van der Waals surface area (Å²) in [4.78, 5) is 27.8. The molecule has 0 bridgehead atoms. The van der Waals surface area contributed by atoms with Crippen LogP contribution >= 0.6 is 0 Å². The van der Waals surface area contributed by atoms with Gasteiger partial charge in [-0.1, -0.05) is 0 Å². The quantitative estimate of drug-likeness (QED) is 0.865. The molecule has 1 fully saturated rings. The second-order valence-corrected chi connectivity index (χ2v) is 4.23. The highest BCUT2D eigenvalue weighted by Crippen LogP contribution is 2.13. The Balaban J connectivity index is 2.04. The smallest absolute Gasteiger partial charge is 0.306 e. The molecule has 0 radical (unpaired) electrons. The predicted octanol–water partition coefficient (Wildman–Crippen LogP) is 0.536. The molecule has 1 amide bonds. The summed E-state index contributed by atoms with van der Waals surface area (Å²) in [6, 6.07) is 1.11. The molecule has 2 rings (SSSR count). The number of ether oxygens (including phenoxy) is 1. The van der Waals surface area contributed by atoms with Crippen molar-refractivity contribution in [2.24, 2.45) is 0 Å². The number of amides is 1. The number of hydrogen-bond acceptors (Lipinski definition) is 4. The number of carbonyl (C=O) groups excluding carboxylic acids is 1. The summed E-state index contributed by atoms with van der Waals surface area (Å²) in [5.74, 6) is -1.93. The molecular weight excluding hydrogens is 255 g/mol. The molecule has 0 spiro atoms. The molecule has 0 aliphatic carbocycles. The molecular formula is C12H13FN2O4. The molecule has 1 unspecified atom stereocenters. The first-order valence-corrected chi connectivity index (χ1v) is 5.79. The van der Waals surface area contributed by atoms with Crippen LogP contribution < -0.4 is 0 Å². The van der Waals surface area contributed by atoms with Crippen LogP contribution in [0, 0.1) is 5.82 Å². The van der Waals surface area contributed by atoms with Crippen molar-refractivity contribution in [1.29, 1.82) is 0 Å². The lowest BCUT2D eigenvalue weighted by Gasteiger charge is -2.32. The number of rotatable bonds is 3. The maximum atomic E-state index is 13.0. The fourth-order valence-electron chi connectivity index (χ4n) is 1.93. The van der Waals surface area contributed by atoms with Crippen LogP contribution in [0.25, 0.3) is 0 Å². The second-order valence-electron chi connectivity index (χ2n) is 4.23. The Kier molecular flexibility index (Phi) is 4.06. The number of carboxylic acids is 1. The summed E-state index contributed by atoms with van der Waals surface area (Å²) in [5.41, 5.74) is 0.149. The molecule has 1 aliphatic heterocycles. The van der Waals surface area contributed by atoms with Crippen molar-refractivity contribution in [3.05, 3.63) is 29.8 Å². The summed E-state index contributed by atoms with van der Waals surface area (Å²) in [6.07, 6.45) is 1.61. The van der Waals surface area contributed by atoms with Crippen LogP contribution in [0.3, 0.4) is 0 Å². The van der Waals surface area contributed by atoms with Crippen molar-refractivity contribution in [3.8, 4) is 0 Å². The first kappa shape index (κ1) is 13.4. The van der Waals surface area contributed by atoms with Crippen molar-refractivity contribution >= 4 is 11.9 Å². The highest BCUT2D eigenvalue weighted by Gasteiger charge is 2.26. The van der Waals surface area contributed by atoms with Gasteiger partial charge in [-0.25, -0.2) is 4.39 Å². The van der Waals surface area contributed by atoms with Gasteiger partial charge in [0.05, 0.1) is 30.9 Å². The molecule has 102 valence electrons. The number of carboxylic acid groups (broad SMARTS) is 1. The Morgan fingerprint density at radius 1 is 1.53 bits per heavy atom. The molecule has 1 aromatic heterocycles. The van der Waals surface area contributed by atoms with E-state index in [9.17, 15) is 14.0 Å². The summed E-state index contributed by atoms with van der Waals surface area (Å²) >= 11 is 0. The molecule has 1 N–H and O–H groups in total. The standard InChI is InChI=1S/C12H13FN2O4/c13-9-3-8(5-14-6-9)12(18)15-1-2-19-10(7-15)4-11(16)17/h3,5-6,10H,1-2,4,7H2,(H,16,17). The fourth-order valence-corrected chi connectivity index (χ4v) is 1.93. The van der Waals surface area contributed by atoms with E-state index in [1.807, 2.05) is 0 Å². The van der Waals surface area contributed by atoms with Gasteiger partial charge in [-0.15, -0.1) is 0 Å². The molecule has 2 heterocycles. The van der Waals surface area contributed by atoms with Crippen LogP contribution in [0.15, 0.2) is 18.5 Å². The molecule has 19 heavy (non-hydrogen) atoms. The van der Waals surface area contributed by atoms with E-state index >= 15 is 0 Å². The molecule has 0 aromatic carbocycles. The van der Waals surface area contributed by atoms with E-state index in [2.05, 4.69) is 4.98 Å². The third-order valence-electron chi connectivity index (χ3n) is 2.78. The van der Waals surface area contributed by atoms with Crippen LogP contribution in [0.1, 0.15) is 16.8 Å². The van der Waals surface area contributed by atoms with Crippen molar-refractivity contribution in [2.75, 3.05) is 19.7 Å². The Morgan fingerprint density at radius 3 is 3.00 bits per heavy atom. The number of halogens is 1. The minimum atomic E-state index is -0.980. The predicted molar refractivity (Wildman–Crippen MR) is 62.1 cm³/mol. The largest absolute Gasteiger partial charge is 0.481 e. The first-order chi connectivity index (χ1) is 9.06. The van der Waals surface area contributed by atoms with Gasteiger partial charge in [0.2, 0.25) is 0 Å². The normalized spacial score (nSPS) is 19.2. The van der Waals surface area contributed by atoms with Gasteiger partial charge in [0.1, 0.15) is 5.82 Å². The Bertz CT molecular complexity index is 494. The van der Waals surface area contributed by atoms with Crippen LogP contribution in [0.4, 0.5) is 4.39 Å². The highest BCUT2D eigenvalue weighted by molar-refractivity contribution is 5.94. The number of carbonyl (C=O) groups is 2. The van der Waals surface area contributed by atoms with E-state index < -0.39 is 17.9 Å². The van der Waals surface area contributed by atoms with Gasteiger partial charge in [-0.3, -0.25) is 14.6 Å². The van der Waals surface area contributed by atoms with Gasteiger partial charge >= 0.3 is 5.97 Å². The molecule has 7 heteroatoms. The number of pyridine rings is 1. The van der Waals surface area contributed by atoms with Gasteiger partial charge in [0.25, 0.3) is 5.91 Å². The van der Waals surface area contributed by atoms with Crippen molar-refractivity contribution in [2.45, 2.75) is 12.5 Å². The van der Waals surface area contributed by atoms with E-state index in [4.69, 9.17) is 9.84 Å². The summed E-state index contributed by atoms with van der Waals surface area (Å²) < 4.78 is 18.3. The maximum Gasteiger partial charge on any atom is 0.306 e. The van der Waals surface area contributed by atoms with Crippen LogP contribution in [0.5, 0.6) is 0 Å². The van der Waals surface area contributed by atoms with Gasteiger partial charge in [0.15, 0.2) is 0 Å². The second kappa shape index (κ2) is 5.75. The highest BCUT2D eigenvalue weighted by atomic mass is 19.1. The van der Waals surface area contributed by atoms with Gasteiger partial charge < -0.3 is 14.7 Å². The molecule has 1 aromatic rings. The third kappa shape index (κ3) is 3.47. The van der Waals surface area contributed by atoms with Crippen LogP contribution in [-0.4, -0.2) is 52.7 Å². The van der Waals surface area contributed by atoms with E-state index in [1.54, 1.807) is 0 Å². The summed E-state index contributed by atoms with van der Waals surface area (Å²) in [5, 5.41) is 8.70. The van der Waals surface area contributed by atoms with Crippen molar-refractivity contribution in [1.82, 2.24) is 9.88 Å². The number of nitrogens with zero attached hydrogens (tertiary/aromatic N) is 2. The lowest BCUT2D eigenvalue weighted by atomic mass is 10.1. The molecule has 1 aliphatic rings.